The minimum atomic E-state index is 0.214. The van der Waals surface area contributed by atoms with Crippen LogP contribution in [0.3, 0.4) is 0 Å². The molecule has 59 valence electrons. The van der Waals surface area contributed by atoms with Crippen LogP contribution in [0, 0.1) is 5.92 Å². The van der Waals surface area contributed by atoms with E-state index in [4.69, 9.17) is 4.84 Å². The summed E-state index contributed by atoms with van der Waals surface area (Å²) >= 11 is 0. The summed E-state index contributed by atoms with van der Waals surface area (Å²) in [6.45, 7) is 8.09. The zero-order chi connectivity index (χ0) is 7.98. The van der Waals surface area contributed by atoms with Gasteiger partial charge in [-0.2, -0.15) is 0 Å². The largest absolute Gasteiger partial charge is 0.393 e. The van der Waals surface area contributed by atoms with E-state index in [0.717, 1.165) is 6.42 Å². The Hall–Kier alpha value is -0.530. The van der Waals surface area contributed by atoms with Gasteiger partial charge in [-0.25, -0.2) is 0 Å². The Morgan fingerprint density at radius 2 is 2.00 bits per heavy atom. The summed E-state index contributed by atoms with van der Waals surface area (Å²) in [4.78, 5) is 5.02. The second-order valence-electron chi connectivity index (χ2n) is 2.70. The van der Waals surface area contributed by atoms with Gasteiger partial charge in [-0.05, 0) is 13.3 Å². The van der Waals surface area contributed by atoms with E-state index in [0.29, 0.717) is 5.92 Å². The Morgan fingerprint density at radius 3 is 2.40 bits per heavy atom. The van der Waals surface area contributed by atoms with Crippen LogP contribution in [0.25, 0.3) is 0 Å². The number of hydrogen-bond donors (Lipinski definition) is 0. The Kier molecular flexibility index (Phi) is 4.99. The van der Waals surface area contributed by atoms with Crippen molar-refractivity contribution in [2.75, 3.05) is 0 Å². The first-order valence-corrected chi connectivity index (χ1v) is 3.78. The zero-order valence-electron chi connectivity index (χ0n) is 7.22. The van der Waals surface area contributed by atoms with E-state index < -0.39 is 0 Å². The maximum Gasteiger partial charge on any atom is 0.124 e. The lowest BCUT2D eigenvalue weighted by Gasteiger charge is -2.04. The molecule has 0 aromatic heterocycles. The predicted molar refractivity (Wildman–Crippen MR) is 43.1 cm³/mol. The van der Waals surface area contributed by atoms with Crippen molar-refractivity contribution in [2.45, 2.75) is 40.2 Å². The molecule has 1 atom stereocenters. The fourth-order valence-electron chi connectivity index (χ4n) is 0.300. The van der Waals surface area contributed by atoms with E-state index >= 15 is 0 Å². The summed E-state index contributed by atoms with van der Waals surface area (Å²) in [7, 11) is 0. The lowest BCUT2D eigenvalue weighted by atomic mass is 10.3. The molecule has 0 fully saturated rings. The molecule has 0 bridgehead atoms. The van der Waals surface area contributed by atoms with Gasteiger partial charge in [-0.1, -0.05) is 25.9 Å². The maximum absolute atomic E-state index is 5.02. The molecule has 0 amide bonds. The standard InChI is InChI=1S/C8H16NO/c1-5-8(4)10-9-6-7(2)3/h7-8H,5H2,1-4H3. The zero-order valence-corrected chi connectivity index (χ0v) is 7.22. The third kappa shape index (κ3) is 5.60. The van der Waals surface area contributed by atoms with E-state index in [1.165, 1.54) is 0 Å². The summed E-state index contributed by atoms with van der Waals surface area (Å²) in [6, 6.07) is 0. The number of hydrogen-bond acceptors (Lipinski definition) is 2. The topological polar surface area (TPSA) is 21.6 Å². The fraction of sp³-hybridized carbons (Fsp3) is 0.875. The molecule has 0 saturated carbocycles. The van der Waals surface area contributed by atoms with Crippen molar-refractivity contribution >= 4 is 6.21 Å². The first-order chi connectivity index (χ1) is 4.66. The first-order valence-electron chi connectivity index (χ1n) is 3.78. The smallest absolute Gasteiger partial charge is 0.124 e. The predicted octanol–water partition coefficient (Wildman–Crippen LogP) is 2.32. The molecule has 1 radical (unpaired) electrons. The van der Waals surface area contributed by atoms with Gasteiger partial charge in [0, 0.05) is 5.92 Å². The highest BCUT2D eigenvalue weighted by atomic mass is 16.6. The van der Waals surface area contributed by atoms with E-state index in [-0.39, 0.29) is 6.10 Å². The van der Waals surface area contributed by atoms with Crippen molar-refractivity contribution in [3.8, 4) is 0 Å². The van der Waals surface area contributed by atoms with Crippen LogP contribution >= 0.6 is 0 Å². The van der Waals surface area contributed by atoms with Crippen LogP contribution in [-0.2, 0) is 4.84 Å². The molecule has 0 N–H and O–H groups in total. The van der Waals surface area contributed by atoms with Gasteiger partial charge in [0.15, 0.2) is 0 Å². The molecule has 2 nitrogen and oxygen atoms in total. The van der Waals surface area contributed by atoms with Crippen LogP contribution in [0.1, 0.15) is 34.1 Å². The normalized spacial score (nSPS) is 14.5. The van der Waals surface area contributed by atoms with E-state index in [1.54, 1.807) is 0 Å². The molecule has 1 unspecified atom stereocenters. The summed E-state index contributed by atoms with van der Waals surface area (Å²) in [5.74, 6) is 0.351. The van der Waals surface area contributed by atoms with Crippen molar-refractivity contribution in [1.82, 2.24) is 0 Å². The Balaban J connectivity index is 3.33. The van der Waals surface area contributed by atoms with E-state index in [2.05, 4.69) is 18.3 Å². The quantitative estimate of drug-likeness (QED) is 0.436. The average molecular weight is 142 g/mol. The molecule has 0 aromatic carbocycles. The van der Waals surface area contributed by atoms with Crippen LogP contribution in [0.15, 0.2) is 5.16 Å². The minimum Gasteiger partial charge on any atom is -0.393 e. The van der Waals surface area contributed by atoms with E-state index in [1.807, 2.05) is 20.8 Å². The fourth-order valence-corrected chi connectivity index (χ4v) is 0.300. The molecule has 0 spiro atoms. The molecule has 10 heavy (non-hydrogen) atoms. The molecule has 0 aliphatic rings. The Morgan fingerprint density at radius 1 is 1.40 bits per heavy atom. The Labute approximate surface area is 63.3 Å². The molecule has 0 rings (SSSR count). The van der Waals surface area contributed by atoms with E-state index in [9.17, 15) is 0 Å². The van der Waals surface area contributed by atoms with Crippen molar-refractivity contribution in [3.05, 3.63) is 0 Å². The minimum absolute atomic E-state index is 0.214. The van der Waals surface area contributed by atoms with Gasteiger partial charge in [0.05, 0.1) is 0 Å². The third-order valence-electron chi connectivity index (χ3n) is 1.12. The SMILES string of the molecule is CCC(C)O/N=[C]/C(C)C. The molecule has 0 saturated heterocycles. The second-order valence-corrected chi connectivity index (χ2v) is 2.70. The molecule has 0 heterocycles. The van der Waals surface area contributed by atoms with Crippen molar-refractivity contribution in [3.63, 3.8) is 0 Å². The Bertz CT molecular complexity index is 99.4. The summed E-state index contributed by atoms with van der Waals surface area (Å²) in [5, 5.41) is 3.69. The molecule has 2 heteroatoms. The van der Waals surface area contributed by atoms with Gasteiger partial charge in [0.2, 0.25) is 0 Å². The summed E-state index contributed by atoms with van der Waals surface area (Å²) in [5.41, 5.74) is 0. The lowest BCUT2D eigenvalue weighted by Crippen LogP contribution is -2.01. The van der Waals surface area contributed by atoms with Crippen LogP contribution in [0.5, 0.6) is 0 Å². The number of nitrogens with zero attached hydrogens (tertiary/aromatic N) is 1. The highest BCUT2D eigenvalue weighted by Gasteiger charge is 1.95. The molecule has 0 aliphatic carbocycles. The van der Waals surface area contributed by atoms with Crippen LogP contribution < -0.4 is 0 Å². The van der Waals surface area contributed by atoms with Crippen LogP contribution in [-0.4, -0.2) is 12.3 Å². The monoisotopic (exact) mass is 142 g/mol. The highest BCUT2D eigenvalue weighted by Crippen LogP contribution is 1.96. The third-order valence-corrected chi connectivity index (χ3v) is 1.12. The van der Waals surface area contributed by atoms with Gasteiger partial charge >= 0.3 is 0 Å². The van der Waals surface area contributed by atoms with Crippen LogP contribution in [0.4, 0.5) is 0 Å². The second kappa shape index (κ2) is 5.27. The lowest BCUT2D eigenvalue weighted by molar-refractivity contribution is 0.0703. The summed E-state index contributed by atoms with van der Waals surface area (Å²) in [6.07, 6.45) is 4.02. The van der Waals surface area contributed by atoms with Crippen molar-refractivity contribution in [2.24, 2.45) is 11.1 Å². The molecular formula is C8H16NO. The average Bonchev–Trinajstić information content (AvgIpc) is 1.87. The van der Waals surface area contributed by atoms with Gasteiger partial charge < -0.3 is 4.84 Å². The molecular weight excluding hydrogens is 126 g/mol. The highest BCUT2D eigenvalue weighted by molar-refractivity contribution is 5.58. The maximum atomic E-state index is 5.02. The molecule has 0 aliphatic heterocycles. The van der Waals surface area contributed by atoms with Crippen LogP contribution in [0.2, 0.25) is 0 Å². The van der Waals surface area contributed by atoms with Crippen molar-refractivity contribution in [1.29, 1.82) is 0 Å². The first kappa shape index (κ1) is 9.47. The molecule has 0 aromatic rings. The van der Waals surface area contributed by atoms with Crippen molar-refractivity contribution < 1.29 is 4.84 Å². The summed E-state index contributed by atoms with van der Waals surface area (Å²) < 4.78 is 0. The van der Waals surface area contributed by atoms with Gasteiger partial charge in [-0.15, -0.1) is 0 Å². The van der Waals surface area contributed by atoms with Gasteiger partial charge in [0.1, 0.15) is 12.3 Å². The van der Waals surface area contributed by atoms with Gasteiger partial charge in [0.25, 0.3) is 0 Å². The number of rotatable bonds is 4. The van der Waals surface area contributed by atoms with Gasteiger partial charge in [-0.3, -0.25) is 0 Å².